The molecule has 4 heteroatoms. The highest BCUT2D eigenvalue weighted by molar-refractivity contribution is 7.09. The minimum Gasteiger partial charge on any atom is -0.481 e. The number of carbonyl (C=O) groups is 1. The van der Waals surface area contributed by atoms with E-state index in [1.165, 1.54) is 0 Å². The Balaban J connectivity index is 2.80. The number of hydrogen-bond acceptors (Lipinski definition) is 3. The lowest BCUT2D eigenvalue weighted by molar-refractivity contribution is -0.149. The summed E-state index contributed by atoms with van der Waals surface area (Å²) in [5.74, 6) is -0.682. The van der Waals surface area contributed by atoms with Crippen molar-refractivity contribution in [1.29, 1.82) is 0 Å². The largest absolute Gasteiger partial charge is 0.481 e. The van der Waals surface area contributed by atoms with Gasteiger partial charge in [-0.25, -0.2) is 4.98 Å². The van der Waals surface area contributed by atoms with E-state index in [0.717, 1.165) is 24.3 Å². The predicted molar refractivity (Wildman–Crippen MR) is 65.7 cm³/mol. The zero-order valence-corrected chi connectivity index (χ0v) is 10.7. The Morgan fingerprint density at radius 1 is 1.56 bits per heavy atom. The summed E-state index contributed by atoms with van der Waals surface area (Å²) in [7, 11) is 0. The van der Waals surface area contributed by atoms with Crippen LogP contribution in [-0.2, 0) is 11.2 Å². The second-order valence-corrected chi connectivity index (χ2v) is 5.12. The predicted octanol–water partition coefficient (Wildman–Crippen LogP) is 3.36. The van der Waals surface area contributed by atoms with Gasteiger partial charge in [-0.1, -0.05) is 26.7 Å². The van der Waals surface area contributed by atoms with Crippen LogP contribution in [-0.4, -0.2) is 16.1 Å². The van der Waals surface area contributed by atoms with Crippen LogP contribution in [0.4, 0.5) is 0 Å². The van der Waals surface area contributed by atoms with Crippen LogP contribution in [0.1, 0.15) is 44.5 Å². The van der Waals surface area contributed by atoms with Crippen LogP contribution in [0.2, 0.25) is 0 Å². The van der Waals surface area contributed by atoms with Crippen molar-refractivity contribution in [2.24, 2.45) is 5.41 Å². The lowest BCUT2D eigenvalue weighted by atomic mass is 9.77. The van der Waals surface area contributed by atoms with Crippen LogP contribution in [0.3, 0.4) is 0 Å². The fraction of sp³-hybridized carbons (Fsp3) is 0.667. The Morgan fingerprint density at radius 2 is 2.31 bits per heavy atom. The Hall–Kier alpha value is -0.900. The van der Waals surface area contributed by atoms with E-state index in [1.807, 2.05) is 12.3 Å². The van der Waals surface area contributed by atoms with Crippen molar-refractivity contribution in [2.45, 2.75) is 46.0 Å². The maximum absolute atomic E-state index is 11.5. The zero-order chi connectivity index (χ0) is 12.0. The topological polar surface area (TPSA) is 50.2 Å². The van der Waals surface area contributed by atoms with Gasteiger partial charge in [0.05, 0.1) is 10.4 Å². The second kappa shape index (κ2) is 5.99. The van der Waals surface area contributed by atoms with E-state index in [4.69, 9.17) is 0 Å². The molecule has 1 unspecified atom stereocenters. The van der Waals surface area contributed by atoms with Crippen molar-refractivity contribution < 1.29 is 9.90 Å². The van der Waals surface area contributed by atoms with Crippen molar-refractivity contribution in [1.82, 2.24) is 4.98 Å². The van der Waals surface area contributed by atoms with Crippen LogP contribution < -0.4 is 0 Å². The standard InChI is InChI=1S/C12H19NO2S/c1-3-5-6-12(4-2,11(14)15)9-10-13-7-8-16-10/h7-8H,3-6,9H2,1-2H3,(H,14,15). The van der Waals surface area contributed by atoms with Gasteiger partial charge < -0.3 is 5.11 Å². The molecule has 0 aliphatic heterocycles. The van der Waals surface area contributed by atoms with Gasteiger partial charge in [-0.3, -0.25) is 4.79 Å². The molecule has 0 saturated heterocycles. The lowest BCUT2D eigenvalue weighted by Gasteiger charge is -2.27. The molecule has 1 atom stereocenters. The van der Waals surface area contributed by atoms with E-state index in [9.17, 15) is 9.90 Å². The third kappa shape index (κ3) is 3.04. The molecule has 0 spiro atoms. The van der Waals surface area contributed by atoms with E-state index in [1.54, 1.807) is 17.5 Å². The summed E-state index contributed by atoms with van der Waals surface area (Å²) in [5, 5.41) is 12.3. The average Bonchev–Trinajstić information content (AvgIpc) is 2.76. The van der Waals surface area contributed by atoms with E-state index in [2.05, 4.69) is 11.9 Å². The van der Waals surface area contributed by atoms with Crippen LogP contribution >= 0.6 is 11.3 Å². The molecule has 0 bridgehead atoms. The summed E-state index contributed by atoms with van der Waals surface area (Å²) in [4.78, 5) is 15.7. The highest BCUT2D eigenvalue weighted by Gasteiger charge is 2.36. The molecule has 1 N–H and O–H groups in total. The normalized spacial score (nSPS) is 14.6. The Bertz CT molecular complexity index is 324. The summed E-state index contributed by atoms with van der Waals surface area (Å²) < 4.78 is 0. The number of aliphatic carboxylic acids is 1. The van der Waals surface area contributed by atoms with Crippen molar-refractivity contribution >= 4 is 17.3 Å². The van der Waals surface area contributed by atoms with Gasteiger partial charge in [0.15, 0.2) is 0 Å². The average molecular weight is 241 g/mol. The van der Waals surface area contributed by atoms with Crippen molar-refractivity contribution in [3.05, 3.63) is 16.6 Å². The Labute approximate surface area is 101 Å². The fourth-order valence-electron chi connectivity index (χ4n) is 1.87. The molecule has 16 heavy (non-hydrogen) atoms. The maximum atomic E-state index is 11.5. The molecule has 0 aromatic carbocycles. The van der Waals surface area contributed by atoms with Gasteiger partial charge in [0.2, 0.25) is 0 Å². The first-order valence-corrected chi connectivity index (χ1v) is 6.64. The smallest absolute Gasteiger partial charge is 0.310 e. The minimum absolute atomic E-state index is 0.566. The molecule has 0 radical (unpaired) electrons. The highest BCUT2D eigenvalue weighted by Crippen LogP contribution is 2.34. The van der Waals surface area contributed by atoms with Gasteiger partial charge in [-0.05, 0) is 12.8 Å². The third-order valence-electron chi connectivity index (χ3n) is 3.11. The van der Waals surface area contributed by atoms with Crippen LogP contribution in [0.5, 0.6) is 0 Å². The lowest BCUT2D eigenvalue weighted by Crippen LogP contribution is -2.32. The summed E-state index contributed by atoms with van der Waals surface area (Å²) in [6.07, 6.45) is 5.72. The molecule has 1 rings (SSSR count). The molecule has 0 saturated carbocycles. The molecular formula is C12H19NO2S. The number of carboxylic acids is 1. The van der Waals surface area contributed by atoms with Gasteiger partial charge in [-0.15, -0.1) is 11.3 Å². The van der Waals surface area contributed by atoms with Gasteiger partial charge in [-0.2, -0.15) is 0 Å². The fourth-order valence-corrected chi connectivity index (χ4v) is 2.63. The van der Waals surface area contributed by atoms with E-state index >= 15 is 0 Å². The maximum Gasteiger partial charge on any atom is 0.310 e. The molecule has 1 aromatic heterocycles. The van der Waals surface area contributed by atoms with Crippen molar-refractivity contribution in [3.8, 4) is 0 Å². The summed E-state index contributed by atoms with van der Waals surface area (Å²) in [5.41, 5.74) is -0.617. The molecule has 1 aromatic rings. The van der Waals surface area contributed by atoms with Gasteiger partial charge in [0.1, 0.15) is 0 Å². The van der Waals surface area contributed by atoms with E-state index in [-0.39, 0.29) is 0 Å². The van der Waals surface area contributed by atoms with Gasteiger partial charge in [0.25, 0.3) is 0 Å². The number of aromatic nitrogens is 1. The first kappa shape index (κ1) is 13.2. The number of unbranched alkanes of at least 4 members (excludes halogenated alkanes) is 1. The molecule has 0 amide bonds. The number of hydrogen-bond donors (Lipinski definition) is 1. The first-order chi connectivity index (χ1) is 7.64. The number of nitrogens with zero attached hydrogens (tertiary/aromatic N) is 1. The molecule has 90 valence electrons. The summed E-state index contributed by atoms with van der Waals surface area (Å²) in [6.45, 7) is 4.04. The van der Waals surface area contributed by atoms with Crippen LogP contribution in [0.15, 0.2) is 11.6 Å². The second-order valence-electron chi connectivity index (χ2n) is 4.15. The molecular weight excluding hydrogens is 222 g/mol. The monoisotopic (exact) mass is 241 g/mol. The third-order valence-corrected chi connectivity index (χ3v) is 3.89. The minimum atomic E-state index is -0.682. The van der Waals surface area contributed by atoms with Crippen LogP contribution in [0.25, 0.3) is 0 Å². The van der Waals surface area contributed by atoms with Crippen molar-refractivity contribution in [3.63, 3.8) is 0 Å². The zero-order valence-electron chi connectivity index (χ0n) is 9.90. The molecule has 3 nitrogen and oxygen atoms in total. The number of rotatable bonds is 7. The summed E-state index contributed by atoms with van der Waals surface area (Å²) in [6, 6.07) is 0. The first-order valence-electron chi connectivity index (χ1n) is 5.76. The molecule has 0 fully saturated rings. The van der Waals surface area contributed by atoms with E-state index < -0.39 is 11.4 Å². The number of carboxylic acid groups (broad SMARTS) is 1. The number of thiazole rings is 1. The van der Waals surface area contributed by atoms with E-state index in [0.29, 0.717) is 12.8 Å². The van der Waals surface area contributed by atoms with Crippen molar-refractivity contribution in [2.75, 3.05) is 0 Å². The molecule has 0 aliphatic rings. The molecule has 1 heterocycles. The van der Waals surface area contributed by atoms with Gasteiger partial charge >= 0.3 is 5.97 Å². The Morgan fingerprint density at radius 3 is 2.75 bits per heavy atom. The van der Waals surface area contributed by atoms with Crippen LogP contribution in [0, 0.1) is 5.41 Å². The SMILES string of the molecule is CCCCC(CC)(Cc1nccs1)C(=O)O. The van der Waals surface area contributed by atoms with Gasteiger partial charge in [0, 0.05) is 18.0 Å². The summed E-state index contributed by atoms with van der Waals surface area (Å²) >= 11 is 1.54. The highest BCUT2D eigenvalue weighted by atomic mass is 32.1. The Kier molecular flexibility index (Phi) is 4.93. The quantitative estimate of drug-likeness (QED) is 0.796. The molecule has 0 aliphatic carbocycles.